The van der Waals surface area contributed by atoms with Crippen molar-refractivity contribution in [3.05, 3.63) is 35.4 Å². The van der Waals surface area contributed by atoms with E-state index in [1.54, 1.807) is 0 Å². The van der Waals surface area contributed by atoms with Gasteiger partial charge in [0.1, 0.15) is 0 Å². The van der Waals surface area contributed by atoms with E-state index >= 15 is 0 Å². The van der Waals surface area contributed by atoms with Crippen LogP contribution in [0.15, 0.2) is 24.3 Å². The molecule has 0 radical (unpaired) electrons. The van der Waals surface area contributed by atoms with Gasteiger partial charge in [0.05, 0.1) is 6.10 Å². The van der Waals surface area contributed by atoms with Crippen LogP contribution in [0.4, 0.5) is 0 Å². The summed E-state index contributed by atoms with van der Waals surface area (Å²) in [6.07, 6.45) is 8.40. The van der Waals surface area contributed by atoms with Gasteiger partial charge in [-0.25, -0.2) is 0 Å². The normalized spacial score (nSPS) is 29.7. The molecule has 0 atom stereocenters. The minimum absolute atomic E-state index is 0.199. The maximum atomic E-state index is 9.52. The number of aliphatic hydroxyl groups is 1. The second kappa shape index (κ2) is 4.29. The lowest BCUT2D eigenvalue weighted by Crippen LogP contribution is -2.42. The van der Waals surface area contributed by atoms with Gasteiger partial charge in [0.15, 0.2) is 0 Å². The first kappa shape index (κ1) is 11.2. The molecule has 0 bridgehead atoms. The molecule has 0 amide bonds. The molecule has 1 aromatic carbocycles. The molecule has 0 aromatic heterocycles. The van der Waals surface area contributed by atoms with Crippen LogP contribution in [0.25, 0.3) is 0 Å². The lowest BCUT2D eigenvalue weighted by Gasteiger charge is -2.36. The van der Waals surface area contributed by atoms with Crippen molar-refractivity contribution >= 4 is 0 Å². The lowest BCUT2D eigenvalue weighted by molar-refractivity contribution is 0.0968. The molecule has 2 heteroatoms. The van der Waals surface area contributed by atoms with Crippen LogP contribution in [0.3, 0.4) is 0 Å². The number of hydrogen-bond donors (Lipinski definition) is 2. The highest BCUT2D eigenvalue weighted by molar-refractivity contribution is 5.44. The van der Waals surface area contributed by atoms with Crippen molar-refractivity contribution in [2.45, 2.75) is 37.3 Å². The van der Waals surface area contributed by atoms with Gasteiger partial charge < -0.3 is 10.8 Å². The number of rotatable bonds is 1. The zero-order valence-electron chi connectivity index (χ0n) is 9.32. The van der Waals surface area contributed by atoms with Crippen molar-refractivity contribution < 1.29 is 5.11 Å². The molecular formula is C14H17NO. The van der Waals surface area contributed by atoms with Crippen LogP contribution in [0, 0.1) is 12.3 Å². The Hall–Kier alpha value is -1.30. The van der Waals surface area contributed by atoms with E-state index in [1.807, 2.05) is 24.3 Å². The molecule has 0 spiro atoms. The highest BCUT2D eigenvalue weighted by Crippen LogP contribution is 2.36. The summed E-state index contributed by atoms with van der Waals surface area (Å²) in [4.78, 5) is 0. The molecule has 84 valence electrons. The molecule has 2 nitrogen and oxygen atoms in total. The SMILES string of the molecule is C#Cc1ccccc1C1(N)CCC(O)CC1. The fraction of sp³-hybridized carbons (Fsp3) is 0.429. The van der Waals surface area contributed by atoms with Crippen molar-refractivity contribution in [3.8, 4) is 12.3 Å². The van der Waals surface area contributed by atoms with Crippen LogP contribution < -0.4 is 5.73 Å². The van der Waals surface area contributed by atoms with Gasteiger partial charge >= 0.3 is 0 Å². The van der Waals surface area contributed by atoms with E-state index in [4.69, 9.17) is 12.2 Å². The third-order valence-corrected chi connectivity index (χ3v) is 3.47. The molecule has 1 saturated carbocycles. The zero-order valence-corrected chi connectivity index (χ0v) is 9.32. The Labute approximate surface area is 96.5 Å². The summed E-state index contributed by atoms with van der Waals surface area (Å²) in [6, 6.07) is 7.83. The Kier molecular flexibility index (Phi) is 3.00. The Balaban J connectivity index is 2.33. The molecule has 16 heavy (non-hydrogen) atoms. The first-order valence-corrected chi connectivity index (χ1v) is 5.69. The van der Waals surface area contributed by atoms with E-state index < -0.39 is 0 Å². The number of benzene rings is 1. The maximum Gasteiger partial charge on any atom is 0.0541 e. The minimum Gasteiger partial charge on any atom is -0.393 e. The second-order valence-corrected chi connectivity index (χ2v) is 4.58. The van der Waals surface area contributed by atoms with Gasteiger partial charge in [-0.05, 0) is 37.3 Å². The number of terminal acetylenes is 1. The van der Waals surface area contributed by atoms with Gasteiger partial charge in [-0.2, -0.15) is 0 Å². The average Bonchev–Trinajstić information content (AvgIpc) is 2.33. The van der Waals surface area contributed by atoms with E-state index in [-0.39, 0.29) is 11.6 Å². The van der Waals surface area contributed by atoms with Crippen LogP contribution in [0.1, 0.15) is 36.8 Å². The molecule has 0 saturated heterocycles. The van der Waals surface area contributed by atoms with Crippen molar-refractivity contribution in [3.63, 3.8) is 0 Å². The number of hydrogen-bond acceptors (Lipinski definition) is 2. The third kappa shape index (κ3) is 1.97. The molecule has 1 aliphatic carbocycles. The maximum absolute atomic E-state index is 9.52. The fourth-order valence-corrected chi connectivity index (χ4v) is 2.43. The quantitative estimate of drug-likeness (QED) is 0.701. The van der Waals surface area contributed by atoms with E-state index in [9.17, 15) is 5.11 Å². The number of aliphatic hydroxyl groups excluding tert-OH is 1. The average molecular weight is 215 g/mol. The lowest BCUT2D eigenvalue weighted by atomic mass is 9.75. The topological polar surface area (TPSA) is 46.2 Å². The second-order valence-electron chi connectivity index (χ2n) is 4.58. The Morgan fingerprint density at radius 1 is 1.31 bits per heavy atom. The summed E-state index contributed by atoms with van der Waals surface area (Å²) >= 11 is 0. The summed E-state index contributed by atoms with van der Waals surface area (Å²) in [5.41, 5.74) is 7.98. The molecule has 0 unspecified atom stereocenters. The molecular weight excluding hydrogens is 198 g/mol. The van der Waals surface area contributed by atoms with E-state index in [0.29, 0.717) is 0 Å². The standard InChI is InChI=1S/C14H17NO/c1-2-11-5-3-4-6-13(11)14(15)9-7-12(16)8-10-14/h1,3-6,12,16H,7-10,15H2. The predicted octanol–water partition coefficient (Wildman–Crippen LogP) is 1.76. The monoisotopic (exact) mass is 215 g/mol. The minimum atomic E-state index is -0.359. The van der Waals surface area contributed by atoms with E-state index in [1.165, 1.54) is 0 Å². The van der Waals surface area contributed by atoms with Crippen LogP contribution in [-0.2, 0) is 5.54 Å². The summed E-state index contributed by atoms with van der Waals surface area (Å²) < 4.78 is 0. The summed E-state index contributed by atoms with van der Waals surface area (Å²) in [7, 11) is 0. The summed E-state index contributed by atoms with van der Waals surface area (Å²) in [5, 5.41) is 9.52. The van der Waals surface area contributed by atoms with Gasteiger partial charge in [-0.1, -0.05) is 24.1 Å². The van der Waals surface area contributed by atoms with Gasteiger partial charge in [0, 0.05) is 11.1 Å². The van der Waals surface area contributed by atoms with Crippen LogP contribution in [0.5, 0.6) is 0 Å². The van der Waals surface area contributed by atoms with E-state index in [2.05, 4.69) is 5.92 Å². The summed E-state index contributed by atoms with van der Waals surface area (Å²) in [6.45, 7) is 0. The largest absolute Gasteiger partial charge is 0.393 e. The van der Waals surface area contributed by atoms with Gasteiger partial charge in [-0.15, -0.1) is 6.42 Å². The fourth-order valence-electron chi connectivity index (χ4n) is 2.43. The molecule has 1 aromatic rings. The van der Waals surface area contributed by atoms with Crippen LogP contribution >= 0.6 is 0 Å². The van der Waals surface area contributed by atoms with Crippen molar-refractivity contribution in [1.29, 1.82) is 0 Å². The van der Waals surface area contributed by atoms with Crippen molar-refractivity contribution in [2.75, 3.05) is 0 Å². The van der Waals surface area contributed by atoms with E-state index in [0.717, 1.165) is 36.8 Å². The van der Waals surface area contributed by atoms with Crippen molar-refractivity contribution in [2.24, 2.45) is 5.73 Å². The Morgan fingerprint density at radius 2 is 1.94 bits per heavy atom. The highest BCUT2D eigenvalue weighted by Gasteiger charge is 2.33. The van der Waals surface area contributed by atoms with Crippen molar-refractivity contribution in [1.82, 2.24) is 0 Å². The van der Waals surface area contributed by atoms with Crippen LogP contribution in [-0.4, -0.2) is 11.2 Å². The van der Waals surface area contributed by atoms with Gasteiger partial charge in [0.25, 0.3) is 0 Å². The first-order valence-electron chi connectivity index (χ1n) is 5.69. The summed E-state index contributed by atoms with van der Waals surface area (Å²) in [5.74, 6) is 2.69. The molecule has 1 fully saturated rings. The molecule has 1 aliphatic rings. The third-order valence-electron chi connectivity index (χ3n) is 3.47. The van der Waals surface area contributed by atoms with Crippen LogP contribution in [0.2, 0.25) is 0 Å². The van der Waals surface area contributed by atoms with Gasteiger partial charge in [0.2, 0.25) is 0 Å². The Bertz CT molecular complexity index is 411. The molecule has 3 N–H and O–H groups in total. The molecule has 0 aliphatic heterocycles. The smallest absolute Gasteiger partial charge is 0.0541 e. The predicted molar refractivity (Wildman–Crippen MR) is 64.7 cm³/mol. The Morgan fingerprint density at radius 3 is 2.56 bits per heavy atom. The zero-order chi connectivity index (χ0) is 11.6. The highest BCUT2D eigenvalue weighted by atomic mass is 16.3. The number of nitrogens with two attached hydrogens (primary N) is 1. The molecule has 2 rings (SSSR count). The molecule has 0 heterocycles. The first-order chi connectivity index (χ1) is 7.65. The van der Waals surface area contributed by atoms with Gasteiger partial charge in [-0.3, -0.25) is 0 Å².